The molecule has 0 bridgehead atoms. The SMILES string of the molecule is CCc1nnc(NC(=O)C2CCC3(CC2)N=C(C)N(C)C3=O)s1. The number of amides is 2. The van der Waals surface area contributed by atoms with E-state index in [-0.39, 0.29) is 17.7 Å². The van der Waals surface area contributed by atoms with E-state index >= 15 is 0 Å². The molecule has 2 aliphatic rings. The largest absolute Gasteiger partial charge is 0.302 e. The third-order valence-corrected chi connectivity index (χ3v) is 5.73. The highest BCUT2D eigenvalue weighted by Crippen LogP contribution is 2.39. The van der Waals surface area contributed by atoms with Gasteiger partial charge >= 0.3 is 0 Å². The van der Waals surface area contributed by atoms with Crippen molar-refractivity contribution in [2.75, 3.05) is 12.4 Å². The molecule has 1 aromatic heterocycles. The number of anilines is 1. The van der Waals surface area contributed by atoms with Crippen molar-refractivity contribution < 1.29 is 9.59 Å². The lowest BCUT2D eigenvalue weighted by Crippen LogP contribution is -2.44. The maximum Gasteiger partial charge on any atom is 0.255 e. The van der Waals surface area contributed by atoms with E-state index in [9.17, 15) is 9.59 Å². The summed E-state index contributed by atoms with van der Waals surface area (Å²) in [6, 6.07) is 0. The van der Waals surface area contributed by atoms with E-state index in [1.165, 1.54) is 11.3 Å². The Morgan fingerprint density at radius 1 is 1.39 bits per heavy atom. The molecule has 7 nitrogen and oxygen atoms in total. The molecular weight excluding hydrogens is 314 g/mol. The van der Waals surface area contributed by atoms with Gasteiger partial charge in [0.1, 0.15) is 16.4 Å². The van der Waals surface area contributed by atoms with Crippen LogP contribution in [-0.4, -0.2) is 45.3 Å². The van der Waals surface area contributed by atoms with Gasteiger partial charge in [0.2, 0.25) is 11.0 Å². The monoisotopic (exact) mass is 335 g/mol. The normalized spacial score (nSPS) is 27.4. The third-order valence-electron chi connectivity index (χ3n) is 4.75. The lowest BCUT2D eigenvalue weighted by molar-refractivity contribution is -0.133. The highest BCUT2D eigenvalue weighted by atomic mass is 32.1. The van der Waals surface area contributed by atoms with Crippen molar-refractivity contribution in [1.82, 2.24) is 15.1 Å². The molecule has 0 saturated heterocycles. The lowest BCUT2D eigenvalue weighted by atomic mass is 9.76. The van der Waals surface area contributed by atoms with Crippen LogP contribution in [0.4, 0.5) is 5.13 Å². The Labute approximate surface area is 139 Å². The van der Waals surface area contributed by atoms with Gasteiger partial charge in [0.25, 0.3) is 5.91 Å². The average Bonchev–Trinajstić information content (AvgIpc) is 3.08. The quantitative estimate of drug-likeness (QED) is 0.913. The van der Waals surface area contributed by atoms with E-state index in [2.05, 4.69) is 20.5 Å². The summed E-state index contributed by atoms with van der Waals surface area (Å²) in [4.78, 5) is 31.0. The number of carbonyl (C=O) groups is 2. The molecule has 3 rings (SSSR count). The molecule has 1 spiro atoms. The highest BCUT2D eigenvalue weighted by molar-refractivity contribution is 7.15. The van der Waals surface area contributed by atoms with Gasteiger partial charge in [-0.3, -0.25) is 14.6 Å². The maximum atomic E-state index is 12.4. The molecule has 8 heteroatoms. The molecule has 0 aromatic carbocycles. The Kier molecular flexibility index (Phi) is 4.18. The Balaban J connectivity index is 1.61. The summed E-state index contributed by atoms with van der Waals surface area (Å²) in [5, 5.41) is 12.3. The summed E-state index contributed by atoms with van der Waals surface area (Å²) in [7, 11) is 1.76. The number of aryl methyl sites for hydroxylation is 1. The first-order valence-corrected chi connectivity index (χ1v) is 8.74. The highest BCUT2D eigenvalue weighted by Gasteiger charge is 2.48. The maximum absolute atomic E-state index is 12.4. The summed E-state index contributed by atoms with van der Waals surface area (Å²) in [5.41, 5.74) is -0.631. The van der Waals surface area contributed by atoms with Crippen LogP contribution in [0.2, 0.25) is 0 Å². The third kappa shape index (κ3) is 2.87. The molecule has 1 fully saturated rings. The number of nitrogens with one attached hydrogen (secondary N) is 1. The van der Waals surface area contributed by atoms with E-state index in [0.717, 1.165) is 17.3 Å². The fourth-order valence-corrected chi connectivity index (χ4v) is 3.91. The van der Waals surface area contributed by atoms with Crippen LogP contribution in [0.3, 0.4) is 0 Å². The van der Waals surface area contributed by atoms with Crippen molar-refractivity contribution in [2.45, 2.75) is 51.5 Å². The number of hydrogen-bond acceptors (Lipinski definition) is 6. The number of aromatic nitrogens is 2. The lowest BCUT2D eigenvalue weighted by Gasteiger charge is -2.32. The first-order valence-electron chi connectivity index (χ1n) is 7.93. The number of amidine groups is 1. The molecule has 0 unspecified atom stereocenters. The zero-order chi connectivity index (χ0) is 16.6. The zero-order valence-electron chi connectivity index (χ0n) is 13.6. The number of carbonyl (C=O) groups excluding carboxylic acids is 2. The van der Waals surface area contributed by atoms with E-state index in [4.69, 9.17) is 0 Å². The van der Waals surface area contributed by atoms with Gasteiger partial charge in [-0.05, 0) is 39.0 Å². The molecule has 23 heavy (non-hydrogen) atoms. The van der Waals surface area contributed by atoms with E-state index < -0.39 is 5.54 Å². The van der Waals surface area contributed by atoms with Crippen LogP contribution in [0.25, 0.3) is 0 Å². The number of nitrogens with zero attached hydrogens (tertiary/aromatic N) is 4. The van der Waals surface area contributed by atoms with Crippen molar-refractivity contribution in [1.29, 1.82) is 0 Å². The second-order valence-electron chi connectivity index (χ2n) is 6.17. The minimum Gasteiger partial charge on any atom is -0.302 e. The van der Waals surface area contributed by atoms with Gasteiger partial charge in [-0.1, -0.05) is 18.3 Å². The minimum atomic E-state index is -0.631. The van der Waals surface area contributed by atoms with E-state index in [0.29, 0.717) is 30.8 Å². The molecule has 0 radical (unpaired) electrons. The topological polar surface area (TPSA) is 87.6 Å². The number of aliphatic imine (C=N–C) groups is 1. The molecule has 1 N–H and O–H groups in total. The predicted octanol–water partition coefficient (Wildman–Crippen LogP) is 1.86. The second-order valence-corrected chi connectivity index (χ2v) is 7.23. The van der Waals surface area contributed by atoms with Gasteiger partial charge in [-0.25, -0.2) is 0 Å². The molecule has 1 aliphatic heterocycles. The summed E-state index contributed by atoms with van der Waals surface area (Å²) in [6.07, 6.45) is 3.40. The zero-order valence-corrected chi connectivity index (χ0v) is 14.4. The number of likely N-dealkylation sites (N-methyl/N-ethyl adjacent to an activating group) is 1. The van der Waals surface area contributed by atoms with Crippen LogP contribution in [0.5, 0.6) is 0 Å². The van der Waals surface area contributed by atoms with Crippen LogP contribution in [-0.2, 0) is 16.0 Å². The molecule has 2 heterocycles. The van der Waals surface area contributed by atoms with Gasteiger partial charge in [0.15, 0.2) is 0 Å². The number of hydrogen-bond donors (Lipinski definition) is 1. The van der Waals surface area contributed by atoms with Crippen molar-refractivity contribution >= 4 is 34.1 Å². The van der Waals surface area contributed by atoms with Crippen molar-refractivity contribution in [3.63, 3.8) is 0 Å². The van der Waals surface area contributed by atoms with Gasteiger partial charge in [0.05, 0.1) is 0 Å². The fourth-order valence-electron chi connectivity index (χ4n) is 3.23. The van der Waals surface area contributed by atoms with Crippen LogP contribution in [0.15, 0.2) is 4.99 Å². The minimum absolute atomic E-state index is 0.0295. The summed E-state index contributed by atoms with van der Waals surface area (Å²) >= 11 is 1.41. The smallest absolute Gasteiger partial charge is 0.255 e. The molecule has 0 atom stereocenters. The Morgan fingerprint density at radius 2 is 2.09 bits per heavy atom. The molecule has 1 aromatic rings. The molecule has 2 amide bonds. The molecule has 124 valence electrons. The van der Waals surface area contributed by atoms with Crippen LogP contribution in [0.1, 0.15) is 44.5 Å². The first kappa shape index (κ1) is 16.0. The average molecular weight is 335 g/mol. The van der Waals surface area contributed by atoms with Crippen LogP contribution >= 0.6 is 11.3 Å². The van der Waals surface area contributed by atoms with Crippen LogP contribution in [0, 0.1) is 5.92 Å². The summed E-state index contributed by atoms with van der Waals surface area (Å²) < 4.78 is 0. The van der Waals surface area contributed by atoms with Crippen LogP contribution < -0.4 is 5.32 Å². The Morgan fingerprint density at radius 3 is 2.61 bits per heavy atom. The predicted molar refractivity (Wildman–Crippen MR) is 88.5 cm³/mol. The second kappa shape index (κ2) is 5.99. The van der Waals surface area contributed by atoms with Crippen molar-refractivity contribution in [3.8, 4) is 0 Å². The van der Waals surface area contributed by atoms with E-state index in [1.54, 1.807) is 11.9 Å². The van der Waals surface area contributed by atoms with Crippen molar-refractivity contribution in [2.24, 2.45) is 10.9 Å². The molecular formula is C15H21N5O2S. The van der Waals surface area contributed by atoms with Gasteiger partial charge in [0, 0.05) is 13.0 Å². The first-order chi connectivity index (χ1) is 10.9. The Bertz CT molecular complexity index is 661. The molecule has 1 aliphatic carbocycles. The molecule has 1 saturated carbocycles. The van der Waals surface area contributed by atoms with Gasteiger partial charge in [-0.15, -0.1) is 10.2 Å². The van der Waals surface area contributed by atoms with Gasteiger partial charge < -0.3 is 10.2 Å². The van der Waals surface area contributed by atoms with Gasteiger partial charge in [-0.2, -0.15) is 0 Å². The standard InChI is InChI=1S/C15H21N5O2S/c1-4-11-18-19-14(23-11)16-12(21)10-5-7-15(8-6-10)13(22)20(3)9(2)17-15/h10H,4-8H2,1-3H3,(H,16,19,21). The van der Waals surface area contributed by atoms with Crippen molar-refractivity contribution in [3.05, 3.63) is 5.01 Å². The fraction of sp³-hybridized carbons (Fsp3) is 0.667. The number of rotatable bonds is 3. The summed E-state index contributed by atoms with van der Waals surface area (Å²) in [6.45, 7) is 3.86. The summed E-state index contributed by atoms with van der Waals surface area (Å²) in [5.74, 6) is 0.700. The van der Waals surface area contributed by atoms with E-state index in [1.807, 2.05) is 13.8 Å². The Hall–Kier alpha value is -1.83.